The fourth-order valence-corrected chi connectivity index (χ4v) is 6.13. The second-order valence-corrected chi connectivity index (χ2v) is 8.00. The van der Waals surface area contributed by atoms with Crippen LogP contribution in [0.3, 0.4) is 0 Å². The monoisotopic (exact) mass is 237 g/mol. The highest BCUT2D eigenvalue weighted by atomic mass is 32.2. The maximum atomic E-state index is 11.2. The van der Waals surface area contributed by atoms with Crippen molar-refractivity contribution in [1.82, 2.24) is 0 Å². The average Bonchev–Trinajstić information content (AvgIpc) is 2.61. The van der Waals surface area contributed by atoms with E-state index in [1.54, 1.807) is 23.5 Å². The molecule has 0 saturated carbocycles. The van der Waals surface area contributed by atoms with Crippen molar-refractivity contribution in [2.24, 2.45) is 4.99 Å². The van der Waals surface area contributed by atoms with E-state index in [1.165, 1.54) is 0 Å². The van der Waals surface area contributed by atoms with Crippen molar-refractivity contribution in [1.29, 1.82) is 0 Å². The van der Waals surface area contributed by atoms with Crippen molar-refractivity contribution in [3.63, 3.8) is 0 Å². The molecule has 0 radical (unpaired) electrons. The predicted molar refractivity (Wildman–Crippen MR) is 59.4 cm³/mol. The number of nitrogens with zero attached hydrogens (tertiary/aromatic N) is 1. The SMILES string of the molecule is O=S1(=O)CCC(SC2=NCCS2)C1. The van der Waals surface area contributed by atoms with E-state index in [0.29, 0.717) is 11.5 Å². The Morgan fingerprint density at radius 1 is 1.54 bits per heavy atom. The molecule has 0 aromatic heterocycles. The summed E-state index contributed by atoms with van der Waals surface area (Å²) in [7, 11) is -2.72. The highest BCUT2D eigenvalue weighted by Gasteiger charge is 2.29. The van der Waals surface area contributed by atoms with Gasteiger partial charge in [0.05, 0.1) is 18.1 Å². The van der Waals surface area contributed by atoms with E-state index in [9.17, 15) is 8.42 Å². The highest BCUT2D eigenvalue weighted by molar-refractivity contribution is 8.39. The fourth-order valence-electron chi connectivity index (χ4n) is 1.38. The van der Waals surface area contributed by atoms with Gasteiger partial charge in [0.15, 0.2) is 9.84 Å². The van der Waals surface area contributed by atoms with Crippen LogP contribution in [-0.4, -0.2) is 41.8 Å². The van der Waals surface area contributed by atoms with Crippen LogP contribution in [0.15, 0.2) is 4.99 Å². The van der Waals surface area contributed by atoms with Crippen molar-refractivity contribution in [2.75, 3.05) is 23.8 Å². The zero-order valence-corrected chi connectivity index (χ0v) is 9.55. The first kappa shape index (κ1) is 9.86. The molecule has 2 heterocycles. The van der Waals surface area contributed by atoms with Crippen LogP contribution >= 0.6 is 23.5 Å². The number of thioether (sulfide) groups is 2. The Hall–Kier alpha value is 0.320. The first-order chi connectivity index (χ1) is 6.16. The lowest BCUT2D eigenvalue weighted by molar-refractivity contribution is 0.602. The molecule has 2 aliphatic rings. The van der Waals surface area contributed by atoms with Crippen molar-refractivity contribution in [3.05, 3.63) is 0 Å². The summed E-state index contributed by atoms with van der Waals surface area (Å²) in [6.45, 7) is 0.895. The van der Waals surface area contributed by atoms with Gasteiger partial charge in [-0.2, -0.15) is 0 Å². The summed E-state index contributed by atoms with van der Waals surface area (Å²) in [5, 5.41) is 0.259. The molecule has 2 aliphatic heterocycles. The lowest BCUT2D eigenvalue weighted by Gasteiger charge is -2.04. The third-order valence-corrected chi connectivity index (χ3v) is 6.47. The smallest absolute Gasteiger partial charge is 0.151 e. The van der Waals surface area contributed by atoms with E-state index in [2.05, 4.69) is 4.99 Å². The van der Waals surface area contributed by atoms with Gasteiger partial charge in [-0.25, -0.2) is 8.42 Å². The summed E-state index contributed by atoms with van der Waals surface area (Å²) in [5.74, 6) is 1.77. The minimum atomic E-state index is -2.72. The van der Waals surface area contributed by atoms with Crippen LogP contribution < -0.4 is 0 Å². The standard InChI is InChI=1S/C7H11NO2S3/c9-13(10)4-1-6(5-13)12-7-8-2-3-11-7/h6H,1-5H2. The lowest BCUT2D eigenvalue weighted by Crippen LogP contribution is -2.07. The Kier molecular flexibility index (Phi) is 2.90. The van der Waals surface area contributed by atoms with Crippen molar-refractivity contribution < 1.29 is 8.42 Å². The van der Waals surface area contributed by atoms with E-state index in [0.717, 1.165) is 23.1 Å². The maximum absolute atomic E-state index is 11.2. The zero-order valence-electron chi connectivity index (χ0n) is 7.10. The molecule has 0 bridgehead atoms. The second kappa shape index (κ2) is 3.82. The largest absolute Gasteiger partial charge is 0.271 e. The van der Waals surface area contributed by atoms with Crippen molar-refractivity contribution in [3.8, 4) is 0 Å². The Bertz CT molecular complexity index is 323. The molecule has 0 amide bonds. The van der Waals surface area contributed by atoms with E-state index < -0.39 is 9.84 Å². The third kappa shape index (κ3) is 2.63. The van der Waals surface area contributed by atoms with Gasteiger partial charge in [0.2, 0.25) is 0 Å². The average molecular weight is 237 g/mol. The van der Waals surface area contributed by atoms with Gasteiger partial charge in [-0.05, 0) is 6.42 Å². The fraction of sp³-hybridized carbons (Fsp3) is 0.857. The van der Waals surface area contributed by atoms with Crippen LogP contribution in [0.1, 0.15) is 6.42 Å². The zero-order chi connectivity index (χ0) is 9.31. The molecule has 1 atom stereocenters. The third-order valence-electron chi connectivity index (χ3n) is 2.02. The minimum absolute atomic E-state index is 0.259. The van der Waals surface area contributed by atoms with Crippen LogP contribution in [0.25, 0.3) is 0 Å². The molecule has 2 rings (SSSR count). The Balaban J connectivity index is 1.90. The van der Waals surface area contributed by atoms with E-state index in [-0.39, 0.29) is 5.25 Å². The number of aliphatic imine (C=N–C) groups is 1. The Morgan fingerprint density at radius 2 is 2.38 bits per heavy atom. The molecule has 13 heavy (non-hydrogen) atoms. The molecular formula is C7H11NO2S3. The van der Waals surface area contributed by atoms with Crippen molar-refractivity contribution in [2.45, 2.75) is 11.7 Å². The number of rotatable bonds is 1. The first-order valence-electron chi connectivity index (χ1n) is 4.20. The molecular weight excluding hydrogens is 226 g/mol. The van der Waals surface area contributed by atoms with E-state index >= 15 is 0 Å². The van der Waals surface area contributed by atoms with Gasteiger partial charge >= 0.3 is 0 Å². The topological polar surface area (TPSA) is 46.5 Å². The summed E-state index contributed by atoms with van der Waals surface area (Å²) in [6, 6.07) is 0. The van der Waals surface area contributed by atoms with Crippen LogP contribution in [0.5, 0.6) is 0 Å². The molecule has 74 valence electrons. The van der Waals surface area contributed by atoms with Gasteiger partial charge in [0, 0.05) is 11.0 Å². The molecule has 1 fully saturated rings. The minimum Gasteiger partial charge on any atom is -0.271 e. The Morgan fingerprint density at radius 3 is 2.92 bits per heavy atom. The summed E-state index contributed by atoms with van der Waals surface area (Å²) in [4.78, 5) is 4.29. The predicted octanol–water partition coefficient (Wildman–Crippen LogP) is 1.01. The normalized spacial score (nSPS) is 32.0. The second-order valence-electron chi connectivity index (χ2n) is 3.14. The molecule has 0 aromatic rings. The summed E-state index contributed by atoms with van der Waals surface area (Å²) in [5.41, 5.74) is 0. The summed E-state index contributed by atoms with van der Waals surface area (Å²) in [6.07, 6.45) is 0.798. The van der Waals surface area contributed by atoms with Crippen LogP contribution in [0, 0.1) is 0 Å². The Labute approximate surface area is 86.7 Å². The van der Waals surface area contributed by atoms with Crippen LogP contribution in [0.2, 0.25) is 0 Å². The van der Waals surface area contributed by atoms with Crippen molar-refractivity contribution >= 4 is 37.7 Å². The maximum Gasteiger partial charge on any atom is 0.151 e. The molecule has 0 N–H and O–H groups in total. The molecule has 0 aliphatic carbocycles. The van der Waals surface area contributed by atoms with Gasteiger partial charge in [-0.15, -0.1) is 0 Å². The van der Waals surface area contributed by atoms with Gasteiger partial charge in [0.1, 0.15) is 4.38 Å². The van der Waals surface area contributed by atoms with Gasteiger partial charge in [-0.3, -0.25) is 4.99 Å². The highest BCUT2D eigenvalue weighted by Crippen LogP contribution is 2.31. The van der Waals surface area contributed by atoms with Crippen LogP contribution in [0.4, 0.5) is 0 Å². The molecule has 6 heteroatoms. The first-order valence-corrected chi connectivity index (χ1v) is 7.89. The number of hydrogen-bond acceptors (Lipinski definition) is 5. The van der Waals surface area contributed by atoms with Gasteiger partial charge in [0.25, 0.3) is 0 Å². The number of sulfone groups is 1. The summed E-state index contributed by atoms with van der Waals surface area (Å²) >= 11 is 3.40. The van der Waals surface area contributed by atoms with Gasteiger partial charge in [-0.1, -0.05) is 23.5 Å². The molecule has 1 saturated heterocycles. The molecule has 0 aromatic carbocycles. The van der Waals surface area contributed by atoms with E-state index in [4.69, 9.17) is 0 Å². The van der Waals surface area contributed by atoms with Gasteiger partial charge < -0.3 is 0 Å². The molecule has 3 nitrogen and oxygen atoms in total. The summed E-state index contributed by atoms with van der Waals surface area (Å²) < 4.78 is 23.4. The lowest BCUT2D eigenvalue weighted by atomic mass is 10.4. The molecule has 1 unspecified atom stereocenters. The number of hydrogen-bond donors (Lipinski definition) is 0. The van der Waals surface area contributed by atoms with E-state index in [1.807, 2.05) is 0 Å². The van der Waals surface area contributed by atoms with Crippen LogP contribution in [-0.2, 0) is 9.84 Å². The quantitative estimate of drug-likeness (QED) is 0.683. The molecule has 0 spiro atoms.